The molecule has 0 spiro atoms. The van der Waals surface area contributed by atoms with Crippen LogP contribution in [0.2, 0.25) is 0 Å². The number of rotatable bonds is 5. The van der Waals surface area contributed by atoms with Gasteiger partial charge in [-0.15, -0.1) is 0 Å². The van der Waals surface area contributed by atoms with E-state index >= 15 is 0 Å². The molecule has 0 saturated carbocycles. The number of hydrogen-bond donors (Lipinski definition) is 1. The minimum atomic E-state index is -0.610. The summed E-state index contributed by atoms with van der Waals surface area (Å²) in [5.74, 6) is 6.31. The third-order valence-corrected chi connectivity index (χ3v) is 6.38. The van der Waals surface area contributed by atoms with E-state index in [9.17, 15) is 14.5 Å². The predicted molar refractivity (Wildman–Crippen MR) is 142 cm³/mol. The zero-order valence-electron chi connectivity index (χ0n) is 21.8. The number of fused-ring (bicyclic) bond motifs is 1. The molecule has 1 saturated heterocycles. The summed E-state index contributed by atoms with van der Waals surface area (Å²) in [6, 6.07) is 12.3. The number of carbonyl (C=O) groups excluding carboxylic acids is 2. The van der Waals surface area contributed by atoms with Gasteiger partial charge in [0.1, 0.15) is 12.1 Å². The number of nitrogens with two attached hydrogens (primary N) is 1. The van der Waals surface area contributed by atoms with Gasteiger partial charge in [0, 0.05) is 18.7 Å². The Morgan fingerprint density at radius 1 is 1.19 bits per heavy atom. The number of hydrogen-bond acceptors (Lipinski definition) is 7. The van der Waals surface area contributed by atoms with Gasteiger partial charge in [0.05, 0.1) is 17.1 Å². The molecule has 0 unspecified atom stereocenters. The van der Waals surface area contributed by atoms with E-state index in [2.05, 4.69) is 5.18 Å². The van der Waals surface area contributed by atoms with Gasteiger partial charge in [-0.1, -0.05) is 29.4 Å². The quantitative estimate of drug-likeness (QED) is 0.222. The van der Waals surface area contributed by atoms with E-state index in [4.69, 9.17) is 15.6 Å². The molecule has 1 fully saturated rings. The van der Waals surface area contributed by atoms with E-state index in [1.165, 1.54) is 0 Å². The van der Waals surface area contributed by atoms with Gasteiger partial charge in [-0.05, 0) is 76.3 Å². The normalized spacial score (nSPS) is 16.4. The molecule has 3 aromatic rings. The first-order valence-electron chi connectivity index (χ1n) is 12.5. The highest BCUT2D eigenvalue weighted by Gasteiger charge is 2.32. The van der Waals surface area contributed by atoms with Gasteiger partial charge in [-0.2, -0.15) is 4.91 Å². The largest absolute Gasteiger partial charge is 0.444 e. The van der Waals surface area contributed by atoms with Gasteiger partial charge in [0.25, 0.3) is 5.91 Å². The lowest BCUT2D eigenvalue weighted by Crippen LogP contribution is -2.42. The first-order valence-corrected chi connectivity index (χ1v) is 12.5. The molecule has 10 nitrogen and oxygen atoms in total. The second-order valence-electron chi connectivity index (χ2n) is 10.5. The lowest BCUT2D eigenvalue weighted by molar-refractivity contribution is 0.0237. The Morgan fingerprint density at radius 2 is 1.92 bits per heavy atom. The first kappa shape index (κ1) is 26.3. The van der Waals surface area contributed by atoms with Crippen LogP contribution in [0.1, 0.15) is 67.6 Å². The van der Waals surface area contributed by atoms with Crippen molar-refractivity contribution in [1.82, 2.24) is 14.5 Å². The SMILES string of the molecule is Cc1cc(CN=O)cc2nc(N(N)C(=O)c3ccccc3)n([C@@H]3CCCCN(C(=O)OC(C)(C)C)C3)c12. The highest BCUT2D eigenvalue weighted by molar-refractivity contribution is 6.05. The van der Waals surface area contributed by atoms with Crippen molar-refractivity contribution in [3.05, 3.63) is 64.1 Å². The number of hydrazine groups is 1. The first-order chi connectivity index (χ1) is 17.6. The lowest BCUT2D eigenvalue weighted by atomic mass is 10.1. The number of nitrogens with zero attached hydrogens (tertiary/aromatic N) is 5. The molecule has 2 N–H and O–H groups in total. The van der Waals surface area contributed by atoms with Gasteiger partial charge in [0.2, 0.25) is 5.95 Å². The van der Waals surface area contributed by atoms with E-state index in [1.807, 2.05) is 44.4 Å². The summed E-state index contributed by atoms with van der Waals surface area (Å²) in [6.45, 7) is 8.45. The molecule has 37 heavy (non-hydrogen) atoms. The molecule has 2 heterocycles. The van der Waals surface area contributed by atoms with Crippen LogP contribution in [0.5, 0.6) is 0 Å². The number of carbonyl (C=O) groups is 2. The third-order valence-electron chi connectivity index (χ3n) is 6.38. The van der Waals surface area contributed by atoms with Crippen LogP contribution in [0.15, 0.2) is 47.6 Å². The maximum absolute atomic E-state index is 13.3. The van der Waals surface area contributed by atoms with Crippen molar-refractivity contribution < 1.29 is 14.3 Å². The molecule has 1 aromatic heterocycles. The van der Waals surface area contributed by atoms with Gasteiger partial charge >= 0.3 is 6.09 Å². The number of aryl methyl sites for hydroxylation is 1. The molecule has 2 amide bonds. The maximum atomic E-state index is 13.3. The standard InChI is InChI=1S/C27H34N6O4/c1-18-14-19(16-29-36)15-22-23(18)32(25(30-22)33(28)24(34)20-10-6-5-7-11-20)21-12-8-9-13-31(17-21)26(35)37-27(2,3)4/h5-7,10-11,14-15,21H,8-9,12-13,16-17,28H2,1-4H3/t21-/m1/s1. The highest BCUT2D eigenvalue weighted by Crippen LogP contribution is 2.34. The van der Waals surface area contributed by atoms with Crippen molar-refractivity contribution in [2.45, 2.75) is 65.1 Å². The van der Waals surface area contributed by atoms with E-state index < -0.39 is 11.5 Å². The number of benzene rings is 2. The number of imidazole rings is 1. The smallest absolute Gasteiger partial charge is 0.410 e. The number of amides is 2. The molecule has 0 bridgehead atoms. The Hall–Kier alpha value is -3.79. The second-order valence-corrected chi connectivity index (χ2v) is 10.5. The van der Waals surface area contributed by atoms with Gasteiger partial charge in [0.15, 0.2) is 0 Å². The second kappa shape index (κ2) is 10.7. The summed E-state index contributed by atoms with van der Waals surface area (Å²) in [5, 5.41) is 4.08. The van der Waals surface area contributed by atoms with Crippen LogP contribution >= 0.6 is 0 Å². The molecule has 196 valence electrons. The van der Waals surface area contributed by atoms with Crippen LogP contribution in [-0.4, -0.2) is 45.1 Å². The molecule has 2 aromatic carbocycles. The average molecular weight is 507 g/mol. The number of likely N-dealkylation sites (tertiary alicyclic amines) is 1. The van der Waals surface area contributed by atoms with Gasteiger partial charge in [-0.25, -0.2) is 20.6 Å². The fraction of sp³-hybridized carbons (Fsp3) is 0.444. The molecule has 1 aliphatic heterocycles. The minimum absolute atomic E-state index is 0.0180. The van der Waals surface area contributed by atoms with Crippen LogP contribution in [-0.2, 0) is 11.3 Å². The van der Waals surface area contributed by atoms with Crippen LogP contribution in [0, 0.1) is 11.8 Å². The monoisotopic (exact) mass is 506 g/mol. The fourth-order valence-electron chi connectivity index (χ4n) is 4.81. The van der Waals surface area contributed by atoms with Crippen molar-refractivity contribution in [2.75, 3.05) is 18.1 Å². The fourth-order valence-corrected chi connectivity index (χ4v) is 4.81. The molecule has 1 atom stereocenters. The molecular weight excluding hydrogens is 472 g/mol. The Kier molecular flexibility index (Phi) is 7.58. The van der Waals surface area contributed by atoms with E-state index in [-0.39, 0.29) is 24.6 Å². The molecule has 4 rings (SSSR count). The van der Waals surface area contributed by atoms with Gasteiger partial charge < -0.3 is 14.2 Å². The molecular formula is C27H34N6O4. The zero-order valence-corrected chi connectivity index (χ0v) is 21.8. The predicted octanol–water partition coefficient (Wildman–Crippen LogP) is 5.09. The van der Waals surface area contributed by atoms with Crippen LogP contribution in [0.4, 0.5) is 10.7 Å². The summed E-state index contributed by atoms with van der Waals surface area (Å²) >= 11 is 0. The van der Waals surface area contributed by atoms with Crippen molar-refractivity contribution in [1.29, 1.82) is 0 Å². The number of anilines is 1. The Labute approximate surface area is 216 Å². The zero-order chi connectivity index (χ0) is 26.7. The highest BCUT2D eigenvalue weighted by atomic mass is 16.6. The summed E-state index contributed by atoms with van der Waals surface area (Å²) in [7, 11) is 0. The third kappa shape index (κ3) is 5.80. The lowest BCUT2D eigenvalue weighted by Gasteiger charge is -2.30. The van der Waals surface area contributed by atoms with Crippen molar-refractivity contribution in [2.24, 2.45) is 11.0 Å². The van der Waals surface area contributed by atoms with E-state index in [0.29, 0.717) is 24.2 Å². The number of ether oxygens (including phenoxy) is 1. The van der Waals surface area contributed by atoms with E-state index in [0.717, 1.165) is 40.9 Å². The van der Waals surface area contributed by atoms with Crippen molar-refractivity contribution >= 4 is 29.0 Å². The summed E-state index contributed by atoms with van der Waals surface area (Å²) in [6.07, 6.45) is 2.11. The van der Waals surface area contributed by atoms with Crippen LogP contribution in [0.3, 0.4) is 0 Å². The van der Waals surface area contributed by atoms with Crippen LogP contribution < -0.4 is 10.9 Å². The Bertz CT molecular complexity index is 1300. The molecule has 10 heteroatoms. The Balaban J connectivity index is 1.81. The molecule has 1 aliphatic rings. The Morgan fingerprint density at radius 3 is 2.59 bits per heavy atom. The summed E-state index contributed by atoms with van der Waals surface area (Å²) in [5.41, 5.74) is 2.84. The van der Waals surface area contributed by atoms with Crippen molar-refractivity contribution in [3.63, 3.8) is 0 Å². The maximum Gasteiger partial charge on any atom is 0.410 e. The van der Waals surface area contributed by atoms with Gasteiger partial charge in [-0.3, -0.25) is 4.79 Å². The van der Waals surface area contributed by atoms with Crippen LogP contribution in [0.25, 0.3) is 11.0 Å². The topological polar surface area (TPSA) is 123 Å². The summed E-state index contributed by atoms with van der Waals surface area (Å²) in [4.78, 5) is 43.7. The molecule has 0 radical (unpaired) electrons. The van der Waals surface area contributed by atoms with E-state index in [1.54, 1.807) is 35.2 Å². The number of aromatic nitrogens is 2. The summed E-state index contributed by atoms with van der Waals surface area (Å²) < 4.78 is 7.62. The number of nitroso groups, excluding NO2 is 1. The molecule has 0 aliphatic carbocycles. The minimum Gasteiger partial charge on any atom is -0.444 e. The van der Waals surface area contributed by atoms with Crippen molar-refractivity contribution in [3.8, 4) is 0 Å². The average Bonchev–Trinajstić information content (AvgIpc) is 3.06.